The first kappa shape index (κ1) is 20.7. The van der Waals surface area contributed by atoms with Gasteiger partial charge in [0.1, 0.15) is 0 Å². The van der Waals surface area contributed by atoms with Gasteiger partial charge in [-0.2, -0.15) is 0 Å². The maximum Gasteiger partial charge on any atom is 0.292 e. The third kappa shape index (κ3) is 4.86. The first-order valence-electron chi connectivity index (χ1n) is 9.72. The van der Waals surface area contributed by atoms with Crippen molar-refractivity contribution >= 4 is 22.8 Å². The smallest absolute Gasteiger partial charge is 0.292 e. The van der Waals surface area contributed by atoms with Crippen LogP contribution in [0, 0.1) is 0 Å². The average Bonchev–Trinajstić information content (AvgIpc) is 3.11. The molecule has 1 atom stereocenters. The molecule has 29 heavy (non-hydrogen) atoms. The maximum atomic E-state index is 12.5. The number of aliphatic imine (C=N–C) groups is 1. The predicted octanol–water partition coefficient (Wildman–Crippen LogP) is 2.49. The summed E-state index contributed by atoms with van der Waals surface area (Å²) in [7, 11) is 3.75. The normalized spacial score (nSPS) is 18.0. The van der Waals surface area contributed by atoms with E-state index in [-0.39, 0.29) is 5.76 Å². The third-order valence-electron chi connectivity index (χ3n) is 5.26. The zero-order valence-electron chi connectivity index (χ0n) is 17.4. The van der Waals surface area contributed by atoms with E-state index in [1.54, 1.807) is 7.05 Å². The van der Waals surface area contributed by atoms with Crippen molar-refractivity contribution in [2.45, 2.75) is 19.4 Å². The summed E-state index contributed by atoms with van der Waals surface area (Å²) in [6, 6.07) is 8.81. The van der Waals surface area contributed by atoms with Crippen LogP contribution in [0.2, 0.25) is 0 Å². The Morgan fingerprint density at radius 1 is 1.34 bits per heavy atom. The van der Waals surface area contributed by atoms with Crippen molar-refractivity contribution in [1.82, 2.24) is 20.1 Å². The lowest BCUT2D eigenvalue weighted by molar-refractivity contribution is -0.119. The summed E-state index contributed by atoms with van der Waals surface area (Å²) in [4.78, 5) is 24.2. The largest absolute Gasteiger partial charge is 0.421 e. The maximum absolute atomic E-state index is 12.5. The van der Waals surface area contributed by atoms with Gasteiger partial charge in [-0.05, 0) is 25.6 Å². The number of fused-ring (bicyclic) bond motifs is 1. The molecule has 0 saturated carbocycles. The summed E-state index contributed by atoms with van der Waals surface area (Å²) in [5.41, 5.74) is 2.70. The number of carbonyl (C=O) groups excluding carboxylic acids is 1. The Balaban J connectivity index is 1.55. The van der Waals surface area contributed by atoms with Crippen molar-refractivity contribution in [3.63, 3.8) is 0 Å². The molecule has 0 radical (unpaired) electrons. The number of allylic oxidation sites excluding steroid dienone is 1. The minimum atomic E-state index is -0.418. The summed E-state index contributed by atoms with van der Waals surface area (Å²) >= 11 is 0. The predicted molar refractivity (Wildman–Crippen MR) is 117 cm³/mol. The Hall–Kier alpha value is -3.06. The van der Waals surface area contributed by atoms with Crippen LogP contribution >= 0.6 is 0 Å². The van der Waals surface area contributed by atoms with Gasteiger partial charge in [-0.3, -0.25) is 4.79 Å². The number of aromatic amines is 1. The van der Waals surface area contributed by atoms with E-state index in [0.717, 1.165) is 36.1 Å². The van der Waals surface area contributed by atoms with E-state index in [1.807, 2.05) is 35.4 Å². The number of aromatic nitrogens is 1. The molecule has 2 aromatic rings. The lowest BCUT2D eigenvalue weighted by Crippen LogP contribution is -2.52. The number of carbonyl (C=O) groups is 1. The van der Waals surface area contributed by atoms with Gasteiger partial charge in [0.25, 0.3) is 11.9 Å². The third-order valence-corrected chi connectivity index (χ3v) is 5.26. The molecule has 1 aliphatic rings. The molecular formula is C22H29N5O2. The molecule has 7 nitrogen and oxygen atoms in total. The zero-order valence-corrected chi connectivity index (χ0v) is 17.4. The fourth-order valence-corrected chi connectivity index (χ4v) is 3.41. The number of piperazine rings is 1. The van der Waals surface area contributed by atoms with E-state index >= 15 is 0 Å². The van der Waals surface area contributed by atoms with Crippen molar-refractivity contribution in [3.8, 4) is 0 Å². The monoisotopic (exact) mass is 395 g/mol. The Morgan fingerprint density at radius 2 is 2.10 bits per heavy atom. The molecule has 1 unspecified atom stereocenters. The van der Waals surface area contributed by atoms with Crippen molar-refractivity contribution in [2.75, 3.05) is 33.7 Å². The molecule has 1 aromatic carbocycles. The first-order chi connectivity index (χ1) is 13.9. The Morgan fingerprint density at radius 3 is 2.83 bits per heavy atom. The van der Waals surface area contributed by atoms with Gasteiger partial charge >= 0.3 is 0 Å². The molecule has 1 aliphatic heterocycles. The van der Waals surface area contributed by atoms with Gasteiger partial charge in [0.15, 0.2) is 5.76 Å². The minimum Gasteiger partial charge on any atom is -0.421 e. The van der Waals surface area contributed by atoms with Gasteiger partial charge in [0.2, 0.25) is 0 Å². The molecule has 2 heterocycles. The molecule has 0 bridgehead atoms. The molecule has 3 rings (SSSR count). The number of rotatable bonds is 5. The summed E-state index contributed by atoms with van der Waals surface area (Å²) in [6.45, 7) is 12.4. The SMILES string of the molecule is C=C(Cc1c[nH]c2ccccc12)NC(=O)C(=C)O/C(=N\C)N1CCN(C)C(C)C1. The quantitative estimate of drug-likeness (QED) is 0.353. The highest BCUT2D eigenvalue weighted by molar-refractivity contribution is 5.95. The van der Waals surface area contributed by atoms with Crippen LogP contribution < -0.4 is 5.32 Å². The molecule has 7 heteroatoms. The Kier molecular flexibility index (Phi) is 6.39. The summed E-state index contributed by atoms with van der Waals surface area (Å²) < 4.78 is 5.69. The number of nitrogens with one attached hydrogen (secondary N) is 2. The van der Waals surface area contributed by atoms with Gasteiger partial charge in [-0.15, -0.1) is 0 Å². The Labute approximate surface area is 171 Å². The number of amides is 1. The number of nitrogens with zero attached hydrogens (tertiary/aromatic N) is 3. The molecule has 154 valence electrons. The number of hydrogen-bond acceptors (Lipinski definition) is 4. The second kappa shape index (κ2) is 8.96. The van der Waals surface area contributed by atoms with Crippen LogP contribution in [0.15, 0.2) is 60.1 Å². The highest BCUT2D eigenvalue weighted by atomic mass is 16.5. The van der Waals surface area contributed by atoms with E-state index < -0.39 is 5.91 Å². The number of H-pyrrole nitrogens is 1. The van der Waals surface area contributed by atoms with Gasteiger partial charge in [0, 0.05) is 61.9 Å². The average molecular weight is 396 g/mol. The van der Waals surface area contributed by atoms with Crippen LogP contribution in [0.25, 0.3) is 10.9 Å². The molecule has 1 aromatic heterocycles. The van der Waals surface area contributed by atoms with Gasteiger partial charge in [-0.25, -0.2) is 4.99 Å². The number of hydrogen-bond donors (Lipinski definition) is 2. The second-order valence-electron chi connectivity index (χ2n) is 7.40. The van der Waals surface area contributed by atoms with E-state index in [2.05, 4.69) is 47.3 Å². The van der Waals surface area contributed by atoms with Crippen LogP contribution in [0.4, 0.5) is 0 Å². The van der Waals surface area contributed by atoms with Gasteiger partial charge in [0.05, 0.1) is 0 Å². The molecule has 1 amide bonds. The van der Waals surface area contributed by atoms with Gasteiger partial charge < -0.3 is 24.8 Å². The van der Waals surface area contributed by atoms with Crippen LogP contribution in [0.3, 0.4) is 0 Å². The molecule has 0 aliphatic carbocycles. The lowest BCUT2D eigenvalue weighted by atomic mass is 10.1. The summed E-state index contributed by atoms with van der Waals surface area (Å²) in [5.74, 6) is -0.421. The van der Waals surface area contributed by atoms with Gasteiger partial charge in [-0.1, -0.05) is 31.4 Å². The van der Waals surface area contributed by atoms with Crippen LogP contribution in [-0.4, -0.2) is 66.5 Å². The van der Waals surface area contributed by atoms with Crippen molar-refractivity contribution in [2.24, 2.45) is 4.99 Å². The van der Waals surface area contributed by atoms with E-state index in [4.69, 9.17) is 4.74 Å². The topological polar surface area (TPSA) is 73.0 Å². The molecule has 2 N–H and O–H groups in total. The summed E-state index contributed by atoms with van der Waals surface area (Å²) in [6.07, 6.45) is 2.46. The molecular weight excluding hydrogens is 366 g/mol. The number of benzene rings is 1. The summed E-state index contributed by atoms with van der Waals surface area (Å²) in [5, 5.41) is 3.89. The highest BCUT2D eigenvalue weighted by Crippen LogP contribution is 2.19. The minimum absolute atomic E-state index is 0.00254. The Bertz CT molecular complexity index is 946. The van der Waals surface area contributed by atoms with Crippen molar-refractivity contribution in [1.29, 1.82) is 0 Å². The van der Waals surface area contributed by atoms with E-state index in [0.29, 0.717) is 24.2 Å². The molecule has 0 spiro atoms. The second-order valence-corrected chi connectivity index (χ2v) is 7.40. The number of likely N-dealkylation sites (N-methyl/N-ethyl adjacent to an activating group) is 1. The fraction of sp³-hybridized carbons (Fsp3) is 0.364. The standard InChI is InChI=1S/C22H29N5O2/c1-15(12-18-13-24-20-9-7-6-8-19(18)20)25-21(28)17(3)29-22(23-4)27-11-10-26(5)16(2)14-27/h6-9,13,16,24H,1,3,10-12,14H2,2,4-5H3,(H,25,28)/b23-22-. The van der Waals surface area contributed by atoms with Crippen molar-refractivity contribution < 1.29 is 9.53 Å². The number of ether oxygens (including phenoxy) is 1. The number of para-hydroxylation sites is 1. The fourth-order valence-electron chi connectivity index (χ4n) is 3.41. The lowest BCUT2D eigenvalue weighted by Gasteiger charge is -2.38. The number of amidine groups is 1. The van der Waals surface area contributed by atoms with E-state index in [9.17, 15) is 4.79 Å². The van der Waals surface area contributed by atoms with E-state index in [1.165, 1.54) is 0 Å². The van der Waals surface area contributed by atoms with Crippen molar-refractivity contribution in [3.05, 3.63) is 60.6 Å². The zero-order chi connectivity index (χ0) is 21.0. The van der Waals surface area contributed by atoms with Crippen LogP contribution in [0.5, 0.6) is 0 Å². The first-order valence-corrected chi connectivity index (χ1v) is 9.72. The van der Waals surface area contributed by atoms with Crippen LogP contribution in [0.1, 0.15) is 12.5 Å². The van der Waals surface area contributed by atoms with Crippen LogP contribution in [-0.2, 0) is 16.0 Å². The molecule has 1 fully saturated rings. The molecule has 1 saturated heterocycles. The highest BCUT2D eigenvalue weighted by Gasteiger charge is 2.25.